The molecule has 4 heteroatoms. The van der Waals surface area contributed by atoms with Crippen molar-refractivity contribution in [2.75, 3.05) is 6.54 Å². The Morgan fingerprint density at radius 2 is 1.92 bits per heavy atom. The maximum atomic E-state index is 5.96. The quantitative estimate of drug-likeness (QED) is 0.482. The highest BCUT2D eigenvalue weighted by Gasteiger charge is 2.13. The number of benzene rings is 2. The lowest BCUT2D eigenvalue weighted by Crippen LogP contribution is -2.11. The van der Waals surface area contributed by atoms with Crippen molar-refractivity contribution in [3.63, 3.8) is 0 Å². The van der Waals surface area contributed by atoms with Gasteiger partial charge in [-0.2, -0.15) is 0 Å². The lowest BCUT2D eigenvalue weighted by Gasteiger charge is -2.16. The van der Waals surface area contributed by atoms with Crippen LogP contribution in [-0.2, 0) is 13.0 Å². The van der Waals surface area contributed by atoms with Gasteiger partial charge >= 0.3 is 0 Å². The van der Waals surface area contributed by atoms with Crippen LogP contribution >= 0.6 is 27.3 Å². The molecule has 0 radical (unpaired) electrons. The van der Waals surface area contributed by atoms with Crippen molar-refractivity contribution < 1.29 is 4.74 Å². The molecule has 1 aromatic heterocycles. The first-order valence-electron chi connectivity index (χ1n) is 8.56. The lowest BCUT2D eigenvalue weighted by molar-refractivity contribution is 0.306. The number of hydrogen-bond donors (Lipinski definition) is 0. The molecule has 130 valence electrons. The van der Waals surface area contributed by atoms with Crippen molar-refractivity contribution in [1.82, 2.24) is 0 Å². The van der Waals surface area contributed by atoms with Crippen molar-refractivity contribution in [1.29, 1.82) is 0 Å². The Morgan fingerprint density at radius 1 is 1.04 bits per heavy atom. The van der Waals surface area contributed by atoms with Crippen LogP contribution in [0.15, 0.2) is 75.5 Å². The predicted octanol–water partition coefficient (Wildman–Crippen LogP) is 6.15. The molecule has 3 aromatic rings. The summed E-state index contributed by atoms with van der Waals surface area (Å²) >= 11 is 5.22. The normalized spacial score (nSPS) is 13.5. The van der Waals surface area contributed by atoms with Crippen LogP contribution in [-0.4, -0.2) is 12.3 Å². The van der Waals surface area contributed by atoms with Gasteiger partial charge in [-0.15, -0.1) is 11.3 Å². The second kappa shape index (κ2) is 8.02. The van der Waals surface area contributed by atoms with E-state index in [9.17, 15) is 0 Å². The molecule has 2 nitrogen and oxygen atoms in total. The van der Waals surface area contributed by atoms with Crippen molar-refractivity contribution in [3.05, 3.63) is 92.1 Å². The standard InChI is InChI=1S/C22H18BrNOS/c23-22-11-8-19(26-22)7-10-21-20-9-6-18(14-17(20)12-13-24-21)25-15-16-4-2-1-3-5-16/h1-11,14H,12-13,15H2. The number of fused-ring (bicyclic) bond motifs is 1. The molecular formula is C22H18BrNOS. The Labute approximate surface area is 166 Å². The number of allylic oxidation sites excluding steroid dienone is 1. The zero-order chi connectivity index (χ0) is 17.8. The fourth-order valence-corrected chi connectivity index (χ4v) is 4.29. The summed E-state index contributed by atoms with van der Waals surface area (Å²) < 4.78 is 7.11. The summed E-state index contributed by atoms with van der Waals surface area (Å²) in [5, 5.41) is 0. The van der Waals surface area contributed by atoms with E-state index in [0.717, 1.165) is 28.2 Å². The lowest BCUT2D eigenvalue weighted by atomic mass is 9.97. The van der Waals surface area contributed by atoms with Gasteiger partial charge in [-0.05, 0) is 76.0 Å². The van der Waals surface area contributed by atoms with Crippen LogP contribution in [0, 0.1) is 0 Å². The minimum Gasteiger partial charge on any atom is -0.489 e. The van der Waals surface area contributed by atoms with Crippen LogP contribution < -0.4 is 4.74 Å². The van der Waals surface area contributed by atoms with Gasteiger partial charge < -0.3 is 4.74 Å². The molecule has 0 spiro atoms. The number of rotatable bonds is 5. The molecule has 2 aromatic carbocycles. The average Bonchev–Trinajstić information content (AvgIpc) is 3.10. The molecule has 0 N–H and O–H groups in total. The van der Waals surface area contributed by atoms with E-state index in [-0.39, 0.29) is 0 Å². The fraction of sp³-hybridized carbons (Fsp3) is 0.136. The third-order valence-corrected chi connectivity index (χ3v) is 5.85. The highest BCUT2D eigenvalue weighted by Crippen LogP contribution is 2.26. The summed E-state index contributed by atoms with van der Waals surface area (Å²) in [5.41, 5.74) is 4.73. The van der Waals surface area contributed by atoms with Crippen molar-refractivity contribution >= 4 is 39.1 Å². The third kappa shape index (κ3) is 4.14. The first kappa shape index (κ1) is 17.3. The Hall–Kier alpha value is -2.17. The molecular weight excluding hydrogens is 406 g/mol. The van der Waals surface area contributed by atoms with Gasteiger partial charge in [-0.1, -0.05) is 30.3 Å². The van der Waals surface area contributed by atoms with E-state index in [2.05, 4.69) is 64.5 Å². The van der Waals surface area contributed by atoms with E-state index in [1.165, 1.54) is 21.6 Å². The first-order valence-corrected chi connectivity index (χ1v) is 10.2. The van der Waals surface area contributed by atoms with E-state index in [0.29, 0.717) is 6.61 Å². The minimum absolute atomic E-state index is 0.591. The molecule has 0 aliphatic carbocycles. The zero-order valence-corrected chi connectivity index (χ0v) is 16.6. The monoisotopic (exact) mass is 423 g/mol. The Bertz CT molecular complexity index is 959. The van der Waals surface area contributed by atoms with Crippen LogP contribution in [0.3, 0.4) is 0 Å². The van der Waals surface area contributed by atoms with E-state index >= 15 is 0 Å². The molecule has 0 amide bonds. The molecule has 0 saturated carbocycles. The van der Waals surface area contributed by atoms with Crippen LogP contribution in [0.5, 0.6) is 5.75 Å². The maximum absolute atomic E-state index is 5.96. The topological polar surface area (TPSA) is 21.6 Å². The SMILES string of the molecule is Brc1ccc(C=CC2=NCCc3cc(OCc4ccccc4)ccc32)s1. The number of thiophene rings is 1. The van der Waals surface area contributed by atoms with Gasteiger partial charge in [-0.25, -0.2) is 0 Å². The number of ether oxygens (including phenoxy) is 1. The van der Waals surface area contributed by atoms with Gasteiger partial charge in [0.15, 0.2) is 0 Å². The van der Waals surface area contributed by atoms with Gasteiger partial charge in [0.1, 0.15) is 12.4 Å². The minimum atomic E-state index is 0.591. The first-order chi connectivity index (χ1) is 12.8. The van der Waals surface area contributed by atoms with Crippen LogP contribution in [0.1, 0.15) is 21.6 Å². The number of aliphatic imine (C=N–C) groups is 1. The Balaban J connectivity index is 1.49. The van der Waals surface area contributed by atoms with Gasteiger partial charge in [0.05, 0.1) is 9.50 Å². The van der Waals surface area contributed by atoms with Crippen LogP contribution in [0.2, 0.25) is 0 Å². The van der Waals surface area contributed by atoms with E-state index in [1.807, 2.05) is 24.3 Å². The van der Waals surface area contributed by atoms with Crippen molar-refractivity contribution in [2.24, 2.45) is 4.99 Å². The molecule has 0 unspecified atom stereocenters. The molecule has 26 heavy (non-hydrogen) atoms. The van der Waals surface area contributed by atoms with E-state index in [4.69, 9.17) is 9.73 Å². The molecule has 0 fully saturated rings. The number of halogens is 1. The summed E-state index contributed by atoms with van der Waals surface area (Å²) in [6.45, 7) is 1.41. The van der Waals surface area contributed by atoms with E-state index in [1.54, 1.807) is 11.3 Å². The van der Waals surface area contributed by atoms with Gasteiger partial charge in [0.2, 0.25) is 0 Å². The molecule has 2 heterocycles. The smallest absolute Gasteiger partial charge is 0.120 e. The Kier molecular flexibility index (Phi) is 5.32. The van der Waals surface area contributed by atoms with Crippen molar-refractivity contribution in [2.45, 2.75) is 13.0 Å². The summed E-state index contributed by atoms with van der Waals surface area (Å²) in [5.74, 6) is 0.917. The highest BCUT2D eigenvalue weighted by molar-refractivity contribution is 9.11. The molecule has 4 rings (SSSR count). The number of nitrogens with zero attached hydrogens (tertiary/aromatic N) is 1. The van der Waals surface area contributed by atoms with E-state index < -0.39 is 0 Å². The largest absolute Gasteiger partial charge is 0.489 e. The van der Waals surface area contributed by atoms with Crippen LogP contribution in [0.25, 0.3) is 6.08 Å². The Morgan fingerprint density at radius 3 is 2.73 bits per heavy atom. The second-order valence-electron chi connectivity index (χ2n) is 6.09. The van der Waals surface area contributed by atoms with Crippen LogP contribution in [0.4, 0.5) is 0 Å². The molecule has 1 aliphatic heterocycles. The molecule has 1 aliphatic rings. The van der Waals surface area contributed by atoms with Gasteiger partial charge in [0.25, 0.3) is 0 Å². The molecule has 0 atom stereocenters. The summed E-state index contributed by atoms with van der Waals surface area (Å²) in [6, 6.07) is 20.7. The average molecular weight is 424 g/mol. The summed E-state index contributed by atoms with van der Waals surface area (Å²) in [4.78, 5) is 5.91. The predicted molar refractivity (Wildman–Crippen MR) is 113 cm³/mol. The highest BCUT2D eigenvalue weighted by atomic mass is 79.9. The molecule has 0 saturated heterocycles. The maximum Gasteiger partial charge on any atom is 0.120 e. The zero-order valence-electron chi connectivity index (χ0n) is 14.2. The van der Waals surface area contributed by atoms with Gasteiger partial charge in [0, 0.05) is 17.0 Å². The van der Waals surface area contributed by atoms with Gasteiger partial charge in [-0.3, -0.25) is 4.99 Å². The second-order valence-corrected chi connectivity index (χ2v) is 8.58. The fourth-order valence-electron chi connectivity index (χ4n) is 2.96. The summed E-state index contributed by atoms with van der Waals surface area (Å²) in [6.07, 6.45) is 5.20. The number of hydrogen-bond acceptors (Lipinski definition) is 3. The third-order valence-electron chi connectivity index (χ3n) is 4.26. The summed E-state index contributed by atoms with van der Waals surface area (Å²) in [7, 11) is 0. The van der Waals surface area contributed by atoms with Crippen molar-refractivity contribution in [3.8, 4) is 5.75 Å². The molecule has 0 bridgehead atoms.